The highest BCUT2D eigenvalue weighted by Gasteiger charge is 2.33. The molecule has 1 heteroatoms. The highest BCUT2D eigenvalue weighted by atomic mass is 35.5. The summed E-state index contributed by atoms with van der Waals surface area (Å²) in [6, 6.07) is 2.30. The van der Waals surface area contributed by atoms with Crippen LogP contribution in [0.1, 0.15) is 46.6 Å². The maximum atomic E-state index is 6.19. The lowest BCUT2D eigenvalue weighted by Gasteiger charge is -2.22. The van der Waals surface area contributed by atoms with Gasteiger partial charge in [0.25, 0.3) is 0 Å². The van der Waals surface area contributed by atoms with Gasteiger partial charge in [-0.15, -0.1) is 11.6 Å². The second kappa shape index (κ2) is 4.41. The van der Waals surface area contributed by atoms with Gasteiger partial charge < -0.3 is 0 Å². The van der Waals surface area contributed by atoms with Crippen LogP contribution >= 0.6 is 11.6 Å². The predicted molar refractivity (Wildman–Crippen MR) is 71.6 cm³/mol. The molecule has 0 aromatic heterocycles. The number of rotatable bonds is 3. The summed E-state index contributed by atoms with van der Waals surface area (Å²) in [6.07, 6.45) is 2.73. The SMILES string of the molecule is Cc1cc(C)c(C)c(C(CCl)C2CC2)c1C. The molecule has 1 atom stereocenters. The number of aryl methyl sites for hydroxylation is 2. The first-order valence-electron chi connectivity index (χ1n) is 6.19. The first kappa shape index (κ1) is 12.0. The van der Waals surface area contributed by atoms with Gasteiger partial charge in [0.2, 0.25) is 0 Å². The van der Waals surface area contributed by atoms with Crippen LogP contribution in [0.25, 0.3) is 0 Å². The van der Waals surface area contributed by atoms with Gasteiger partial charge in [0.15, 0.2) is 0 Å². The predicted octanol–water partition coefficient (Wildman–Crippen LogP) is 4.65. The standard InChI is InChI=1S/C15H21Cl/c1-9-7-10(2)12(4)15(11(9)3)14(8-16)13-5-6-13/h7,13-14H,5-6,8H2,1-4H3. The van der Waals surface area contributed by atoms with Crippen LogP contribution in [0.4, 0.5) is 0 Å². The van der Waals surface area contributed by atoms with E-state index in [2.05, 4.69) is 33.8 Å². The second-order valence-electron chi connectivity index (χ2n) is 5.27. The number of hydrogen-bond acceptors (Lipinski definition) is 0. The van der Waals surface area contributed by atoms with Gasteiger partial charge in [-0.2, -0.15) is 0 Å². The summed E-state index contributed by atoms with van der Waals surface area (Å²) in [5, 5.41) is 0. The van der Waals surface area contributed by atoms with E-state index in [4.69, 9.17) is 11.6 Å². The Kier molecular flexibility index (Phi) is 3.30. The summed E-state index contributed by atoms with van der Waals surface area (Å²) < 4.78 is 0. The average molecular weight is 237 g/mol. The Morgan fingerprint density at radius 3 is 2.00 bits per heavy atom. The fourth-order valence-corrected chi connectivity index (χ4v) is 3.15. The molecule has 0 spiro atoms. The normalized spacial score (nSPS) is 17.6. The van der Waals surface area contributed by atoms with Crippen molar-refractivity contribution in [2.75, 3.05) is 5.88 Å². The Morgan fingerprint density at radius 1 is 1.12 bits per heavy atom. The van der Waals surface area contributed by atoms with E-state index in [1.807, 2.05) is 0 Å². The Hall–Kier alpha value is -0.490. The van der Waals surface area contributed by atoms with Crippen molar-refractivity contribution in [1.82, 2.24) is 0 Å². The molecule has 16 heavy (non-hydrogen) atoms. The molecular weight excluding hydrogens is 216 g/mol. The molecule has 0 heterocycles. The van der Waals surface area contributed by atoms with Crippen molar-refractivity contribution in [3.05, 3.63) is 33.9 Å². The molecule has 2 rings (SSSR count). The minimum atomic E-state index is 0.584. The van der Waals surface area contributed by atoms with Crippen molar-refractivity contribution in [2.24, 2.45) is 5.92 Å². The molecule has 0 aliphatic heterocycles. The summed E-state index contributed by atoms with van der Waals surface area (Å²) in [5.41, 5.74) is 7.28. The first-order valence-corrected chi connectivity index (χ1v) is 6.73. The zero-order valence-electron chi connectivity index (χ0n) is 10.7. The fourth-order valence-electron chi connectivity index (χ4n) is 2.74. The Morgan fingerprint density at radius 2 is 1.62 bits per heavy atom. The number of alkyl halides is 1. The topological polar surface area (TPSA) is 0 Å². The van der Waals surface area contributed by atoms with Gasteiger partial charge in [-0.1, -0.05) is 6.07 Å². The molecule has 0 radical (unpaired) electrons. The quantitative estimate of drug-likeness (QED) is 0.670. The first-order chi connectivity index (χ1) is 7.56. The van der Waals surface area contributed by atoms with Crippen molar-refractivity contribution in [3.8, 4) is 0 Å². The highest BCUT2D eigenvalue weighted by Crippen LogP contribution is 2.45. The largest absolute Gasteiger partial charge is 0.126 e. The lowest BCUT2D eigenvalue weighted by molar-refractivity contribution is 0.660. The Labute approximate surface area is 104 Å². The number of benzene rings is 1. The van der Waals surface area contributed by atoms with Gasteiger partial charge in [-0.25, -0.2) is 0 Å². The van der Waals surface area contributed by atoms with E-state index >= 15 is 0 Å². The van der Waals surface area contributed by atoms with Gasteiger partial charge in [0.1, 0.15) is 0 Å². The summed E-state index contributed by atoms with van der Waals surface area (Å²) >= 11 is 6.19. The molecule has 1 unspecified atom stereocenters. The molecule has 0 nitrogen and oxygen atoms in total. The lowest BCUT2D eigenvalue weighted by atomic mass is 9.84. The third-order valence-corrected chi connectivity index (χ3v) is 4.48. The van der Waals surface area contributed by atoms with Gasteiger partial charge in [0, 0.05) is 11.8 Å². The Balaban J connectivity index is 2.52. The Bertz CT molecular complexity index is 376. The highest BCUT2D eigenvalue weighted by molar-refractivity contribution is 6.18. The van der Waals surface area contributed by atoms with Crippen LogP contribution in [-0.4, -0.2) is 5.88 Å². The van der Waals surface area contributed by atoms with E-state index in [1.165, 1.54) is 40.7 Å². The van der Waals surface area contributed by atoms with Gasteiger partial charge in [-0.05, 0) is 74.3 Å². The fraction of sp³-hybridized carbons (Fsp3) is 0.600. The molecule has 1 saturated carbocycles. The molecular formula is C15H21Cl. The van der Waals surface area contributed by atoms with Crippen molar-refractivity contribution >= 4 is 11.6 Å². The van der Waals surface area contributed by atoms with E-state index in [0.29, 0.717) is 5.92 Å². The van der Waals surface area contributed by atoms with Crippen LogP contribution < -0.4 is 0 Å². The molecule has 0 saturated heterocycles. The van der Waals surface area contributed by atoms with Gasteiger partial charge in [0.05, 0.1) is 0 Å². The van der Waals surface area contributed by atoms with E-state index in [9.17, 15) is 0 Å². The van der Waals surface area contributed by atoms with Crippen LogP contribution in [0.2, 0.25) is 0 Å². The summed E-state index contributed by atoms with van der Waals surface area (Å²) in [6.45, 7) is 8.92. The van der Waals surface area contributed by atoms with Crippen molar-refractivity contribution < 1.29 is 0 Å². The maximum absolute atomic E-state index is 6.19. The number of hydrogen-bond donors (Lipinski definition) is 0. The zero-order chi connectivity index (χ0) is 11.9. The van der Waals surface area contributed by atoms with E-state index in [-0.39, 0.29) is 0 Å². The summed E-state index contributed by atoms with van der Waals surface area (Å²) in [5.74, 6) is 2.20. The molecule has 0 bridgehead atoms. The van der Waals surface area contributed by atoms with Crippen LogP contribution in [0.3, 0.4) is 0 Å². The van der Waals surface area contributed by atoms with Crippen LogP contribution in [0.15, 0.2) is 6.07 Å². The molecule has 88 valence electrons. The summed E-state index contributed by atoms with van der Waals surface area (Å²) in [4.78, 5) is 0. The van der Waals surface area contributed by atoms with Gasteiger partial charge >= 0.3 is 0 Å². The summed E-state index contributed by atoms with van der Waals surface area (Å²) in [7, 11) is 0. The smallest absolute Gasteiger partial charge is 0.0295 e. The monoisotopic (exact) mass is 236 g/mol. The molecule has 0 amide bonds. The van der Waals surface area contributed by atoms with E-state index in [1.54, 1.807) is 0 Å². The van der Waals surface area contributed by atoms with Crippen LogP contribution in [0, 0.1) is 33.6 Å². The molecule has 0 N–H and O–H groups in total. The van der Waals surface area contributed by atoms with Crippen LogP contribution in [-0.2, 0) is 0 Å². The zero-order valence-corrected chi connectivity index (χ0v) is 11.5. The minimum absolute atomic E-state index is 0.584. The minimum Gasteiger partial charge on any atom is -0.126 e. The van der Waals surface area contributed by atoms with Gasteiger partial charge in [-0.3, -0.25) is 0 Å². The molecule has 1 aliphatic rings. The second-order valence-corrected chi connectivity index (χ2v) is 5.58. The molecule has 1 fully saturated rings. The van der Waals surface area contributed by atoms with E-state index < -0.39 is 0 Å². The molecule has 1 aliphatic carbocycles. The molecule has 1 aromatic rings. The van der Waals surface area contributed by atoms with E-state index in [0.717, 1.165) is 11.8 Å². The third kappa shape index (κ3) is 2.00. The number of halogens is 1. The van der Waals surface area contributed by atoms with Crippen molar-refractivity contribution in [2.45, 2.75) is 46.5 Å². The molecule has 1 aromatic carbocycles. The lowest BCUT2D eigenvalue weighted by Crippen LogP contribution is -2.09. The van der Waals surface area contributed by atoms with Crippen molar-refractivity contribution in [1.29, 1.82) is 0 Å². The van der Waals surface area contributed by atoms with Crippen LogP contribution in [0.5, 0.6) is 0 Å². The maximum Gasteiger partial charge on any atom is 0.0295 e. The third-order valence-electron chi connectivity index (χ3n) is 4.15. The average Bonchev–Trinajstić information content (AvgIpc) is 3.05. The van der Waals surface area contributed by atoms with Crippen molar-refractivity contribution in [3.63, 3.8) is 0 Å².